The van der Waals surface area contributed by atoms with Crippen LogP contribution in [0.3, 0.4) is 0 Å². The summed E-state index contributed by atoms with van der Waals surface area (Å²) in [5, 5.41) is 0. The minimum absolute atomic E-state index is 0. The molecule has 285 valence electrons. The average Bonchev–Trinajstić information content (AvgIpc) is 3.14. The Morgan fingerprint density at radius 1 is 0.655 bits per heavy atom. The van der Waals surface area contributed by atoms with Crippen LogP contribution in [0.25, 0.3) is 5.57 Å². The van der Waals surface area contributed by atoms with Crippen molar-refractivity contribution in [3.8, 4) is 0 Å². The van der Waals surface area contributed by atoms with Crippen LogP contribution in [0.15, 0.2) is 125 Å². The van der Waals surface area contributed by atoms with E-state index in [4.69, 9.17) is 0 Å². The van der Waals surface area contributed by atoms with Crippen LogP contribution >= 0.6 is 0 Å². The average molecular weight is 791 g/mol. The number of benzene rings is 4. The molecule has 0 unspecified atom stereocenters. The number of nitrogens with zero attached hydrogens (tertiary/aromatic N) is 3. The first kappa shape index (κ1) is 43.9. The molecule has 12 heteroatoms. The molecule has 4 aromatic rings. The Kier molecular flexibility index (Phi) is 15.1. The van der Waals surface area contributed by atoms with Crippen LogP contribution < -0.4 is 9.80 Å². The van der Waals surface area contributed by atoms with Crippen molar-refractivity contribution in [2.75, 3.05) is 36.0 Å². The zero-order valence-corrected chi connectivity index (χ0v) is 36.4. The summed E-state index contributed by atoms with van der Waals surface area (Å²) in [6.45, 7) is 16.7. The van der Waals surface area contributed by atoms with Gasteiger partial charge in [-0.2, -0.15) is 8.42 Å². The second-order valence-electron chi connectivity index (χ2n) is 13.3. The van der Waals surface area contributed by atoms with Gasteiger partial charge in [0, 0.05) is 79.3 Å². The molecule has 0 bridgehead atoms. The molecule has 0 atom stereocenters. The fraction of sp³-hybridized carbons (Fsp3) is 0.279. The molecule has 0 aliphatic heterocycles. The van der Waals surface area contributed by atoms with E-state index in [1.54, 1.807) is 12.1 Å². The maximum Gasteiger partial charge on any atom is 0.294 e. The third-order valence-corrected chi connectivity index (χ3v) is 11.5. The standard InChI is InChI=1S/C43H49N3O6S2.Na/c1-7-44(8-2)36-19-17-35(18-20-36)43(41-23-21-37(25-31(41)5)45(9-3)29-33-13-11-15-39(27-33)53(47,48)49)42-24-22-38(26-32(42)6)46(10-4)30-34-14-12-16-40(28-34)54(50,51)52;/h11-28H,7-10,29-30H2,1-6H3,(H-,47,48,49,50,51,52);. The Labute approximate surface area is 349 Å². The first-order valence-electron chi connectivity index (χ1n) is 18.2. The summed E-state index contributed by atoms with van der Waals surface area (Å²) >= 11 is 0. The van der Waals surface area contributed by atoms with Crippen molar-refractivity contribution < 1.29 is 30.5 Å². The Morgan fingerprint density at radius 2 is 1.11 bits per heavy atom. The topological polar surface area (TPSA) is 121 Å². The Hall–Kier alpha value is -3.81. The maximum absolute atomic E-state index is 11.8. The van der Waals surface area contributed by atoms with Gasteiger partial charge < -0.3 is 14.4 Å². The third kappa shape index (κ3) is 10.7. The number of aryl methyl sites for hydroxylation is 2. The summed E-state index contributed by atoms with van der Waals surface area (Å²) in [4.78, 5) is 3.96. The number of allylic oxidation sites excluding steroid dienone is 5. The van der Waals surface area contributed by atoms with Gasteiger partial charge in [0.05, 0.1) is 9.79 Å². The van der Waals surface area contributed by atoms with Crippen molar-refractivity contribution in [1.29, 1.82) is 0 Å². The first-order chi connectivity index (χ1) is 25.7. The molecular formula is C43H49N3NaO6S2. The zero-order valence-electron chi connectivity index (χ0n) is 32.8. The molecule has 1 N–H and O–H groups in total. The fourth-order valence-corrected chi connectivity index (χ4v) is 8.04. The molecule has 0 saturated carbocycles. The molecule has 0 fully saturated rings. The molecule has 1 aliphatic rings. The van der Waals surface area contributed by atoms with Crippen molar-refractivity contribution >= 4 is 72.5 Å². The van der Waals surface area contributed by atoms with Gasteiger partial charge in [-0.15, -0.1) is 0 Å². The van der Waals surface area contributed by atoms with E-state index in [0.717, 1.165) is 74.7 Å². The van der Waals surface area contributed by atoms with E-state index in [0.29, 0.717) is 26.2 Å². The molecule has 1 aliphatic carbocycles. The second-order valence-corrected chi connectivity index (χ2v) is 16.1. The molecule has 0 spiro atoms. The summed E-state index contributed by atoms with van der Waals surface area (Å²) in [6, 6.07) is 25.4. The molecular weight excluding hydrogens is 742 g/mol. The predicted octanol–water partition coefficient (Wildman–Crippen LogP) is 7.55. The molecule has 0 saturated heterocycles. The van der Waals surface area contributed by atoms with Crippen molar-refractivity contribution in [2.24, 2.45) is 0 Å². The van der Waals surface area contributed by atoms with E-state index in [2.05, 4.69) is 110 Å². The van der Waals surface area contributed by atoms with Crippen LogP contribution in [0.2, 0.25) is 0 Å². The van der Waals surface area contributed by atoms with Gasteiger partial charge in [-0.05, 0) is 147 Å². The Morgan fingerprint density at radius 3 is 1.51 bits per heavy atom. The zero-order chi connectivity index (χ0) is 39.2. The minimum Gasteiger partial charge on any atom is -0.744 e. The third-order valence-electron chi connectivity index (χ3n) is 9.87. The summed E-state index contributed by atoms with van der Waals surface area (Å²) in [5.74, 6) is 0. The van der Waals surface area contributed by atoms with Crippen molar-refractivity contribution in [2.45, 2.75) is 64.4 Å². The SMILES string of the molecule is CCN(Cc1cccc(S(=O)(=O)[O-])c1)c1ccc(C(=C2C=CC(=[N+](CC)CC)C=C2)c2ccc(N(CC)Cc3cccc(S(=O)(=O)O)c3)cc2C)c(C)c1.[Na]. The van der Waals surface area contributed by atoms with E-state index in [-0.39, 0.29) is 39.3 Å². The van der Waals surface area contributed by atoms with E-state index in [1.165, 1.54) is 24.3 Å². The quantitative estimate of drug-likeness (QED) is 0.0791. The Bertz CT molecular complexity index is 2220. The number of anilines is 2. The summed E-state index contributed by atoms with van der Waals surface area (Å²) in [5.41, 5.74) is 11.1. The molecule has 1 radical (unpaired) electrons. The first-order valence-corrected chi connectivity index (χ1v) is 21.1. The van der Waals surface area contributed by atoms with Gasteiger partial charge in [0.15, 0.2) is 5.71 Å². The largest absolute Gasteiger partial charge is 0.744 e. The maximum atomic E-state index is 11.8. The van der Waals surface area contributed by atoms with Gasteiger partial charge in [0.1, 0.15) is 23.2 Å². The molecule has 0 aromatic heterocycles. The molecule has 4 aromatic carbocycles. The van der Waals surface area contributed by atoms with Gasteiger partial charge in [-0.1, -0.05) is 36.4 Å². The molecule has 9 nitrogen and oxygen atoms in total. The van der Waals surface area contributed by atoms with Crippen LogP contribution in [-0.2, 0) is 33.3 Å². The van der Waals surface area contributed by atoms with Gasteiger partial charge in [-0.25, -0.2) is 13.0 Å². The van der Waals surface area contributed by atoms with Crippen molar-refractivity contribution in [3.63, 3.8) is 0 Å². The van der Waals surface area contributed by atoms with Gasteiger partial charge >= 0.3 is 0 Å². The normalized spacial score (nSPS) is 12.7. The summed E-state index contributed by atoms with van der Waals surface area (Å²) < 4.78 is 70.5. The van der Waals surface area contributed by atoms with Crippen LogP contribution in [-0.4, -0.2) is 92.0 Å². The van der Waals surface area contributed by atoms with E-state index in [1.807, 2.05) is 19.1 Å². The fourth-order valence-electron chi connectivity index (χ4n) is 6.95. The van der Waals surface area contributed by atoms with Crippen LogP contribution in [0.4, 0.5) is 11.4 Å². The second kappa shape index (κ2) is 18.9. The smallest absolute Gasteiger partial charge is 0.294 e. The van der Waals surface area contributed by atoms with Gasteiger partial charge in [0.2, 0.25) is 0 Å². The van der Waals surface area contributed by atoms with Crippen LogP contribution in [0.1, 0.15) is 61.1 Å². The molecule has 5 rings (SSSR count). The van der Waals surface area contributed by atoms with Crippen molar-refractivity contribution in [3.05, 3.63) is 148 Å². The minimum atomic E-state index is -4.56. The number of rotatable bonds is 14. The van der Waals surface area contributed by atoms with Gasteiger partial charge in [0.25, 0.3) is 10.1 Å². The predicted molar refractivity (Wildman–Crippen MR) is 223 cm³/mol. The number of hydrogen-bond acceptors (Lipinski definition) is 7. The van der Waals surface area contributed by atoms with E-state index in [9.17, 15) is 25.9 Å². The molecule has 0 amide bonds. The van der Waals surface area contributed by atoms with Crippen LogP contribution in [0.5, 0.6) is 0 Å². The van der Waals surface area contributed by atoms with Crippen molar-refractivity contribution in [1.82, 2.24) is 0 Å². The summed E-state index contributed by atoms with van der Waals surface area (Å²) in [7, 11) is -8.87. The Balaban J connectivity index is 0.00000673. The van der Waals surface area contributed by atoms with E-state index < -0.39 is 20.2 Å². The number of hydrogen-bond donors (Lipinski definition) is 1. The van der Waals surface area contributed by atoms with Gasteiger partial charge in [-0.3, -0.25) is 4.55 Å². The molecule has 0 heterocycles. The molecule has 55 heavy (non-hydrogen) atoms. The van der Waals surface area contributed by atoms with E-state index >= 15 is 0 Å². The summed E-state index contributed by atoms with van der Waals surface area (Å²) in [6.07, 6.45) is 8.70. The monoisotopic (exact) mass is 790 g/mol. The van der Waals surface area contributed by atoms with Crippen LogP contribution in [0, 0.1) is 13.8 Å².